The Balaban J connectivity index is 1.53. The van der Waals surface area contributed by atoms with Gasteiger partial charge < -0.3 is 15.0 Å². The molecule has 1 amide bonds. The Bertz CT molecular complexity index is 722. The van der Waals surface area contributed by atoms with Gasteiger partial charge in [-0.1, -0.05) is 0 Å². The molecule has 3 saturated heterocycles. The third-order valence-corrected chi connectivity index (χ3v) is 5.75. The zero-order valence-corrected chi connectivity index (χ0v) is 14.1. The fraction of sp³-hybridized carbons (Fsp3) is 0.529. The summed E-state index contributed by atoms with van der Waals surface area (Å²) in [6.45, 7) is 5.93. The highest BCUT2D eigenvalue weighted by Gasteiger charge is 2.35. The van der Waals surface area contributed by atoms with Crippen LogP contribution in [0.4, 0.5) is 0 Å². The van der Waals surface area contributed by atoms with Crippen LogP contribution in [0.5, 0.6) is 5.75 Å². The third kappa shape index (κ3) is 2.81. The largest absolute Gasteiger partial charge is 0.494 e. The molecular formula is C17H21N3O2S. The quantitative estimate of drug-likeness (QED) is 0.935. The summed E-state index contributed by atoms with van der Waals surface area (Å²) >= 11 is 1.36. The normalized spacial score (nSPS) is 26.4. The van der Waals surface area contributed by atoms with Gasteiger partial charge in [-0.05, 0) is 68.5 Å². The van der Waals surface area contributed by atoms with Gasteiger partial charge in [0, 0.05) is 18.0 Å². The number of benzene rings is 1. The maximum absolute atomic E-state index is 12.7. The molecule has 2 bridgehead atoms. The van der Waals surface area contributed by atoms with Crippen LogP contribution in [0.2, 0.25) is 0 Å². The number of rotatable bonds is 4. The van der Waals surface area contributed by atoms with Gasteiger partial charge in [0.25, 0.3) is 5.91 Å². The van der Waals surface area contributed by atoms with Gasteiger partial charge in [0.05, 0.1) is 11.3 Å². The number of hydrogen-bond donors (Lipinski definition) is 1. The van der Waals surface area contributed by atoms with E-state index in [0.717, 1.165) is 22.4 Å². The van der Waals surface area contributed by atoms with Crippen LogP contribution in [0.15, 0.2) is 18.2 Å². The topological polar surface area (TPSA) is 54.5 Å². The standard InChI is InChI=1S/C17H21N3O2S/c1-2-22-12-3-4-13-15(9-12)23-19-16(13)17(21)18-14-10-20-7-5-11(14)6-8-20/h3-4,9,11,14H,2,5-8,10H2,1H3,(H,18,21)/t14-/m1/s1. The van der Waals surface area contributed by atoms with Gasteiger partial charge in [-0.25, -0.2) is 0 Å². The van der Waals surface area contributed by atoms with Crippen molar-refractivity contribution in [3.63, 3.8) is 0 Å². The SMILES string of the molecule is CCOc1ccc2c(C(=O)N[C@@H]3CN4CCC3CC4)nsc2c1. The summed E-state index contributed by atoms with van der Waals surface area (Å²) in [7, 11) is 0. The first-order chi connectivity index (χ1) is 11.2. The summed E-state index contributed by atoms with van der Waals surface area (Å²) in [6.07, 6.45) is 2.39. The zero-order valence-electron chi connectivity index (χ0n) is 13.2. The molecule has 0 spiro atoms. The number of fused-ring (bicyclic) bond motifs is 4. The van der Waals surface area contributed by atoms with Crippen LogP contribution in [0.1, 0.15) is 30.3 Å². The average molecular weight is 331 g/mol. The number of amides is 1. The van der Waals surface area contributed by atoms with Gasteiger partial charge >= 0.3 is 0 Å². The van der Waals surface area contributed by atoms with E-state index in [-0.39, 0.29) is 11.9 Å². The predicted octanol–water partition coefficient (Wildman–Crippen LogP) is 2.52. The van der Waals surface area contributed by atoms with E-state index in [1.54, 1.807) is 0 Å². The molecule has 1 atom stereocenters. The monoisotopic (exact) mass is 331 g/mol. The van der Waals surface area contributed by atoms with E-state index >= 15 is 0 Å². The van der Waals surface area contributed by atoms with E-state index in [4.69, 9.17) is 4.74 Å². The average Bonchev–Trinajstić information content (AvgIpc) is 2.99. The second-order valence-corrected chi connectivity index (χ2v) is 7.15. The molecule has 0 aliphatic carbocycles. The first-order valence-corrected chi connectivity index (χ1v) is 9.07. The summed E-state index contributed by atoms with van der Waals surface area (Å²) in [6, 6.07) is 6.08. The van der Waals surface area contributed by atoms with Crippen molar-refractivity contribution in [2.75, 3.05) is 26.2 Å². The number of carbonyl (C=O) groups excluding carboxylic acids is 1. The Morgan fingerprint density at radius 2 is 2.26 bits per heavy atom. The third-order valence-electron chi connectivity index (χ3n) is 4.94. The highest BCUT2D eigenvalue weighted by atomic mass is 32.1. The lowest BCUT2D eigenvalue weighted by atomic mass is 9.84. The Morgan fingerprint density at radius 3 is 2.96 bits per heavy atom. The smallest absolute Gasteiger partial charge is 0.271 e. The lowest BCUT2D eigenvalue weighted by molar-refractivity contribution is 0.0619. The molecule has 5 rings (SSSR count). The van der Waals surface area contributed by atoms with Crippen molar-refractivity contribution in [2.45, 2.75) is 25.8 Å². The Labute approximate surface area is 139 Å². The van der Waals surface area contributed by atoms with Crippen LogP contribution in [0.25, 0.3) is 10.1 Å². The minimum Gasteiger partial charge on any atom is -0.494 e. The summed E-state index contributed by atoms with van der Waals surface area (Å²) in [5.74, 6) is 1.41. The highest BCUT2D eigenvalue weighted by molar-refractivity contribution is 7.13. The molecule has 0 saturated carbocycles. The molecule has 6 heteroatoms. The van der Waals surface area contributed by atoms with Crippen molar-refractivity contribution in [3.8, 4) is 5.75 Å². The van der Waals surface area contributed by atoms with E-state index in [0.29, 0.717) is 18.2 Å². The maximum atomic E-state index is 12.7. The molecule has 1 aromatic heterocycles. The van der Waals surface area contributed by atoms with Crippen LogP contribution >= 0.6 is 11.5 Å². The molecule has 3 aliphatic rings. The number of aromatic nitrogens is 1. The fourth-order valence-corrected chi connectivity index (χ4v) is 4.51. The molecule has 3 aliphatic heterocycles. The van der Waals surface area contributed by atoms with Crippen LogP contribution in [-0.2, 0) is 0 Å². The van der Waals surface area contributed by atoms with Crippen molar-refractivity contribution in [1.29, 1.82) is 0 Å². The highest BCUT2D eigenvalue weighted by Crippen LogP contribution is 2.29. The van der Waals surface area contributed by atoms with Gasteiger partial charge in [-0.3, -0.25) is 4.79 Å². The summed E-state index contributed by atoms with van der Waals surface area (Å²) in [5, 5.41) is 4.13. The van der Waals surface area contributed by atoms with Crippen LogP contribution in [-0.4, -0.2) is 47.5 Å². The molecule has 4 heterocycles. The molecule has 0 unspecified atom stereocenters. The Hall–Kier alpha value is -1.66. The van der Waals surface area contributed by atoms with Crippen LogP contribution in [0, 0.1) is 5.92 Å². The van der Waals surface area contributed by atoms with E-state index in [1.807, 2.05) is 25.1 Å². The minimum atomic E-state index is -0.0424. The van der Waals surface area contributed by atoms with Crippen molar-refractivity contribution >= 4 is 27.5 Å². The molecule has 1 aromatic carbocycles. The fourth-order valence-electron chi connectivity index (χ4n) is 3.70. The van der Waals surface area contributed by atoms with Crippen LogP contribution in [0.3, 0.4) is 0 Å². The number of ether oxygens (including phenoxy) is 1. The van der Waals surface area contributed by atoms with Gasteiger partial charge in [0.2, 0.25) is 0 Å². The number of nitrogens with zero attached hydrogens (tertiary/aromatic N) is 2. The number of nitrogens with one attached hydrogen (secondary N) is 1. The molecule has 0 radical (unpaired) electrons. The van der Waals surface area contributed by atoms with Crippen LogP contribution < -0.4 is 10.1 Å². The Kier molecular flexibility index (Phi) is 3.95. The maximum Gasteiger partial charge on any atom is 0.271 e. The molecule has 122 valence electrons. The van der Waals surface area contributed by atoms with E-state index < -0.39 is 0 Å². The van der Waals surface area contributed by atoms with E-state index in [9.17, 15) is 4.79 Å². The second-order valence-electron chi connectivity index (χ2n) is 6.34. The Morgan fingerprint density at radius 1 is 1.43 bits per heavy atom. The van der Waals surface area contributed by atoms with Crippen molar-refractivity contribution in [3.05, 3.63) is 23.9 Å². The van der Waals surface area contributed by atoms with Gasteiger partial charge in [0.1, 0.15) is 11.4 Å². The van der Waals surface area contributed by atoms with E-state index in [1.165, 1.54) is 37.5 Å². The minimum absolute atomic E-state index is 0.0424. The van der Waals surface area contributed by atoms with Crippen molar-refractivity contribution < 1.29 is 9.53 Å². The zero-order chi connectivity index (χ0) is 15.8. The number of piperidine rings is 3. The molecule has 2 aromatic rings. The molecule has 1 N–H and O–H groups in total. The van der Waals surface area contributed by atoms with Gasteiger partial charge in [-0.15, -0.1) is 0 Å². The molecule has 3 fully saturated rings. The van der Waals surface area contributed by atoms with Gasteiger partial charge in [0.15, 0.2) is 0 Å². The summed E-state index contributed by atoms with van der Waals surface area (Å²) in [5.41, 5.74) is 0.546. The lowest BCUT2D eigenvalue weighted by Crippen LogP contribution is -2.57. The van der Waals surface area contributed by atoms with E-state index in [2.05, 4.69) is 14.6 Å². The summed E-state index contributed by atoms with van der Waals surface area (Å²) < 4.78 is 10.9. The number of carbonyl (C=O) groups is 1. The lowest BCUT2D eigenvalue weighted by Gasteiger charge is -2.44. The number of hydrogen-bond acceptors (Lipinski definition) is 5. The molecular weight excluding hydrogens is 310 g/mol. The summed E-state index contributed by atoms with van der Waals surface area (Å²) in [4.78, 5) is 15.1. The molecule has 5 nitrogen and oxygen atoms in total. The first kappa shape index (κ1) is 14.9. The van der Waals surface area contributed by atoms with Gasteiger partial charge in [-0.2, -0.15) is 4.37 Å². The first-order valence-electron chi connectivity index (χ1n) is 8.30. The van der Waals surface area contributed by atoms with Crippen molar-refractivity contribution in [2.24, 2.45) is 5.92 Å². The van der Waals surface area contributed by atoms with Crippen molar-refractivity contribution in [1.82, 2.24) is 14.6 Å². The second kappa shape index (κ2) is 6.09. The molecule has 23 heavy (non-hydrogen) atoms. The predicted molar refractivity (Wildman–Crippen MR) is 91.2 cm³/mol.